The fraction of sp³-hybridized carbons (Fsp3) is 0.250. The number of phenolic OH excluding ortho intramolecular Hbond substituents is 1. The number of nitrogens with one attached hydrogen (secondary N) is 1. The Morgan fingerprint density at radius 3 is 2.50 bits per heavy atom. The predicted octanol–water partition coefficient (Wildman–Crippen LogP) is 4.71. The van der Waals surface area contributed by atoms with Gasteiger partial charge in [0.15, 0.2) is 0 Å². The van der Waals surface area contributed by atoms with Gasteiger partial charge < -0.3 is 10.4 Å². The van der Waals surface area contributed by atoms with Gasteiger partial charge in [-0.2, -0.15) is 0 Å². The largest absolute Gasteiger partial charge is 0.508 e. The lowest BCUT2D eigenvalue weighted by Crippen LogP contribution is -2.22. The van der Waals surface area contributed by atoms with Crippen LogP contribution in [0.3, 0.4) is 0 Å². The minimum atomic E-state index is -0.432. The monoisotopic (exact) mass is 337 g/mol. The molecular weight excluding hydrogens is 321 g/mol. The SMILES string of the molecule is CC(N[C@@H](C)c1cccc(Br)c1)c1ccc(F)cc1O. The molecule has 0 aliphatic carbocycles. The second-order valence-corrected chi connectivity index (χ2v) is 5.78. The van der Waals surface area contributed by atoms with Gasteiger partial charge in [-0.25, -0.2) is 4.39 Å². The Hall–Kier alpha value is -1.39. The maximum atomic E-state index is 13.0. The molecule has 2 N–H and O–H groups in total. The molecule has 0 saturated heterocycles. The minimum Gasteiger partial charge on any atom is -0.508 e. The molecule has 2 aromatic carbocycles. The van der Waals surface area contributed by atoms with Crippen molar-refractivity contribution in [2.24, 2.45) is 0 Å². The molecule has 0 fully saturated rings. The number of benzene rings is 2. The van der Waals surface area contributed by atoms with Crippen LogP contribution in [0.2, 0.25) is 0 Å². The molecule has 0 radical (unpaired) electrons. The standard InChI is InChI=1S/C16H17BrFNO/c1-10(12-4-3-5-13(17)8-12)19-11(2)15-7-6-14(18)9-16(15)20/h3-11,19-20H,1-2H3/t10-,11?/m0/s1. The van der Waals surface area contributed by atoms with Gasteiger partial charge in [0.25, 0.3) is 0 Å². The summed E-state index contributed by atoms with van der Waals surface area (Å²) in [5.74, 6) is -0.454. The van der Waals surface area contributed by atoms with Crippen LogP contribution in [0.5, 0.6) is 5.75 Å². The normalized spacial score (nSPS) is 14.0. The van der Waals surface area contributed by atoms with E-state index in [-0.39, 0.29) is 17.8 Å². The Morgan fingerprint density at radius 1 is 1.10 bits per heavy atom. The molecular formula is C16H17BrFNO. The molecule has 0 aromatic heterocycles. The van der Waals surface area contributed by atoms with Gasteiger partial charge >= 0.3 is 0 Å². The fourth-order valence-electron chi connectivity index (χ4n) is 2.22. The van der Waals surface area contributed by atoms with E-state index in [9.17, 15) is 9.50 Å². The van der Waals surface area contributed by atoms with Gasteiger partial charge in [0.1, 0.15) is 11.6 Å². The van der Waals surface area contributed by atoms with Gasteiger partial charge in [-0.05, 0) is 37.6 Å². The highest BCUT2D eigenvalue weighted by atomic mass is 79.9. The Morgan fingerprint density at radius 2 is 1.85 bits per heavy atom. The molecule has 2 aromatic rings. The minimum absolute atomic E-state index is 0.0218. The molecule has 0 bridgehead atoms. The molecule has 0 aliphatic heterocycles. The molecule has 20 heavy (non-hydrogen) atoms. The average Bonchev–Trinajstić information content (AvgIpc) is 2.38. The van der Waals surface area contributed by atoms with Crippen molar-refractivity contribution in [3.05, 3.63) is 63.9 Å². The zero-order chi connectivity index (χ0) is 14.7. The highest BCUT2D eigenvalue weighted by Crippen LogP contribution is 2.27. The highest BCUT2D eigenvalue weighted by Gasteiger charge is 2.14. The molecule has 106 valence electrons. The third-order valence-electron chi connectivity index (χ3n) is 3.31. The van der Waals surface area contributed by atoms with Crippen molar-refractivity contribution in [2.45, 2.75) is 25.9 Å². The van der Waals surface area contributed by atoms with Crippen LogP contribution < -0.4 is 5.32 Å². The molecule has 0 amide bonds. The molecule has 2 nitrogen and oxygen atoms in total. The lowest BCUT2D eigenvalue weighted by molar-refractivity contribution is 0.434. The summed E-state index contributed by atoms with van der Waals surface area (Å²) < 4.78 is 14.0. The maximum absolute atomic E-state index is 13.0. The Kier molecular flexibility index (Phi) is 4.78. The van der Waals surface area contributed by atoms with E-state index in [2.05, 4.69) is 34.2 Å². The van der Waals surface area contributed by atoms with Crippen LogP contribution in [0.15, 0.2) is 46.9 Å². The van der Waals surface area contributed by atoms with E-state index in [1.165, 1.54) is 6.07 Å². The highest BCUT2D eigenvalue weighted by molar-refractivity contribution is 9.10. The van der Waals surface area contributed by atoms with Crippen molar-refractivity contribution in [1.29, 1.82) is 0 Å². The molecule has 0 saturated carbocycles. The molecule has 2 rings (SSSR count). The summed E-state index contributed by atoms with van der Waals surface area (Å²) in [6.07, 6.45) is 0. The van der Waals surface area contributed by atoms with Crippen LogP contribution in [-0.2, 0) is 0 Å². The summed E-state index contributed by atoms with van der Waals surface area (Å²) in [5, 5.41) is 13.2. The first-order chi connectivity index (χ1) is 9.47. The quantitative estimate of drug-likeness (QED) is 0.847. The van der Waals surface area contributed by atoms with E-state index >= 15 is 0 Å². The second kappa shape index (κ2) is 6.37. The summed E-state index contributed by atoms with van der Waals surface area (Å²) in [5.41, 5.74) is 1.83. The Labute approximate surface area is 126 Å². The number of aromatic hydroxyl groups is 1. The van der Waals surface area contributed by atoms with Gasteiger partial charge in [-0.1, -0.05) is 34.1 Å². The summed E-state index contributed by atoms with van der Waals surface area (Å²) >= 11 is 3.45. The number of hydrogen-bond donors (Lipinski definition) is 2. The molecule has 0 heterocycles. The van der Waals surface area contributed by atoms with E-state index < -0.39 is 5.82 Å². The number of rotatable bonds is 4. The van der Waals surface area contributed by atoms with Gasteiger partial charge in [0, 0.05) is 28.2 Å². The molecule has 0 aliphatic rings. The Bertz CT molecular complexity index is 603. The zero-order valence-corrected chi connectivity index (χ0v) is 13.0. The number of halogens is 2. The van der Waals surface area contributed by atoms with E-state index in [1.54, 1.807) is 6.07 Å². The number of hydrogen-bond acceptors (Lipinski definition) is 2. The molecule has 2 atom stereocenters. The van der Waals surface area contributed by atoms with Crippen molar-refractivity contribution in [2.75, 3.05) is 0 Å². The first kappa shape index (κ1) is 15.0. The fourth-order valence-corrected chi connectivity index (χ4v) is 2.64. The summed E-state index contributed by atoms with van der Waals surface area (Å²) in [4.78, 5) is 0. The Balaban J connectivity index is 2.12. The van der Waals surface area contributed by atoms with Crippen LogP contribution in [0.4, 0.5) is 4.39 Å². The summed E-state index contributed by atoms with van der Waals surface area (Å²) in [6.45, 7) is 4.00. The van der Waals surface area contributed by atoms with Crippen molar-refractivity contribution < 1.29 is 9.50 Å². The van der Waals surface area contributed by atoms with Gasteiger partial charge in [0.05, 0.1) is 0 Å². The summed E-state index contributed by atoms with van der Waals surface area (Å²) in [6, 6.07) is 12.2. The van der Waals surface area contributed by atoms with Crippen molar-refractivity contribution in [3.63, 3.8) is 0 Å². The van der Waals surface area contributed by atoms with Gasteiger partial charge in [-0.15, -0.1) is 0 Å². The van der Waals surface area contributed by atoms with E-state index in [0.29, 0.717) is 5.56 Å². The third-order valence-corrected chi connectivity index (χ3v) is 3.80. The zero-order valence-electron chi connectivity index (χ0n) is 11.4. The van der Waals surface area contributed by atoms with Crippen molar-refractivity contribution >= 4 is 15.9 Å². The van der Waals surface area contributed by atoms with Crippen LogP contribution in [0.25, 0.3) is 0 Å². The molecule has 4 heteroatoms. The van der Waals surface area contributed by atoms with Gasteiger partial charge in [-0.3, -0.25) is 0 Å². The van der Waals surface area contributed by atoms with E-state index in [0.717, 1.165) is 16.1 Å². The van der Waals surface area contributed by atoms with Crippen molar-refractivity contribution in [1.82, 2.24) is 5.32 Å². The lowest BCUT2D eigenvalue weighted by Gasteiger charge is -2.21. The van der Waals surface area contributed by atoms with Crippen LogP contribution in [0.1, 0.15) is 37.1 Å². The van der Waals surface area contributed by atoms with Crippen LogP contribution >= 0.6 is 15.9 Å². The smallest absolute Gasteiger partial charge is 0.126 e. The summed E-state index contributed by atoms with van der Waals surface area (Å²) in [7, 11) is 0. The van der Waals surface area contributed by atoms with Gasteiger partial charge in [0.2, 0.25) is 0 Å². The maximum Gasteiger partial charge on any atom is 0.126 e. The topological polar surface area (TPSA) is 32.3 Å². The second-order valence-electron chi connectivity index (χ2n) is 4.87. The number of phenols is 1. The van der Waals surface area contributed by atoms with E-state index in [1.807, 2.05) is 25.1 Å². The van der Waals surface area contributed by atoms with Crippen LogP contribution in [0, 0.1) is 5.82 Å². The third kappa shape index (κ3) is 3.58. The van der Waals surface area contributed by atoms with Crippen LogP contribution in [-0.4, -0.2) is 5.11 Å². The average molecular weight is 338 g/mol. The first-order valence-corrected chi connectivity index (χ1v) is 7.26. The predicted molar refractivity (Wildman–Crippen MR) is 82.2 cm³/mol. The molecule has 0 spiro atoms. The van der Waals surface area contributed by atoms with Crippen molar-refractivity contribution in [3.8, 4) is 5.75 Å². The lowest BCUT2D eigenvalue weighted by atomic mass is 10.0. The van der Waals surface area contributed by atoms with E-state index in [4.69, 9.17) is 0 Å². The first-order valence-electron chi connectivity index (χ1n) is 6.47. The molecule has 1 unspecified atom stereocenters.